The summed E-state index contributed by atoms with van der Waals surface area (Å²) < 4.78 is 1.99. The summed E-state index contributed by atoms with van der Waals surface area (Å²) in [5.41, 5.74) is 1.24. The van der Waals surface area contributed by atoms with Crippen LogP contribution in [0.2, 0.25) is 0 Å². The molecular weight excluding hydrogens is 252 g/mol. The van der Waals surface area contributed by atoms with Crippen LogP contribution in [0.1, 0.15) is 36.1 Å². The van der Waals surface area contributed by atoms with E-state index < -0.39 is 0 Å². The van der Waals surface area contributed by atoms with E-state index in [0.29, 0.717) is 6.54 Å². The van der Waals surface area contributed by atoms with Crippen LogP contribution >= 0.6 is 0 Å². The van der Waals surface area contributed by atoms with Gasteiger partial charge in [0.1, 0.15) is 11.6 Å². The highest BCUT2D eigenvalue weighted by Crippen LogP contribution is 2.18. The molecule has 1 unspecified atom stereocenters. The number of aryl methyl sites for hydroxylation is 1. The maximum atomic E-state index is 9.04. The molecule has 1 aromatic carbocycles. The van der Waals surface area contributed by atoms with Crippen LogP contribution < -0.4 is 5.32 Å². The molecule has 0 fully saturated rings. The zero-order valence-corrected chi connectivity index (χ0v) is 12.1. The van der Waals surface area contributed by atoms with Gasteiger partial charge in [-0.1, -0.05) is 30.3 Å². The maximum Gasteiger partial charge on any atom is 0.146 e. The fourth-order valence-electron chi connectivity index (χ4n) is 2.19. The van der Waals surface area contributed by atoms with Crippen molar-refractivity contribution >= 4 is 0 Å². The second-order valence-corrected chi connectivity index (χ2v) is 4.93. The van der Waals surface area contributed by atoms with Crippen molar-refractivity contribution in [2.45, 2.75) is 32.4 Å². The van der Waals surface area contributed by atoms with Gasteiger partial charge in [0.15, 0.2) is 0 Å². The van der Waals surface area contributed by atoms with Gasteiger partial charge in [-0.15, -0.1) is 10.2 Å². The number of aliphatic hydroxyl groups is 1. The quantitative estimate of drug-likeness (QED) is 0.807. The van der Waals surface area contributed by atoms with Crippen molar-refractivity contribution in [3.8, 4) is 0 Å². The number of aliphatic hydroxyl groups excluding tert-OH is 1. The average Bonchev–Trinajstić information content (AvgIpc) is 2.80. The van der Waals surface area contributed by atoms with Crippen LogP contribution in [0.5, 0.6) is 0 Å². The van der Waals surface area contributed by atoms with Crippen LogP contribution in [0, 0.1) is 6.92 Å². The minimum atomic E-state index is 0.216. The fourth-order valence-corrected chi connectivity index (χ4v) is 2.19. The molecule has 0 aliphatic heterocycles. The van der Waals surface area contributed by atoms with Gasteiger partial charge >= 0.3 is 0 Å². The Morgan fingerprint density at radius 1 is 1.25 bits per heavy atom. The van der Waals surface area contributed by atoms with Crippen LogP contribution in [-0.2, 0) is 13.6 Å². The minimum Gasteiger partial charge on any atom is -0.396 e. The van der Waals surface area contributed by atoms with E-state index in [4.69, 9.17) is 5.11 Å². The number of hydrogen-bond donors (Lipinski definition) is 2. The number of hydrogen-bond acceptors (Lipinski definition) is 4. The lowest BCUT2D eigenvalue weighted by atomic mass is 10.0. The van der Waals surface area contributed by atoms with Crippen LogP contribution in [0.4, 0.5) is 0 Å². The van der Waals surface area contributed by atoms with Crippen molar-refractivity contribution in [1.82, 2.24) is 20.1 Å². The lowest BCUT2D eigenvalue weighted by Gasteiger charge is -2.18. The molecule has 0 radical (unpaired) electrons. The number of benzene rings is 1. The molecule has 20 heavy (non-hydrogen) atoms. The molecule has 0 spiro atoms. The first-order valence-corrected chi connectivity index (χ1v) is 6.96. The Hall–Kier alpha value is -1.72. The van der Waals surface area contributed by atoms with Crippen LogP contribution in [0.3, 0.4) is 0 Å². The van der Waals surface area contributed by atoms with E-state index in [1.807, 2.05) is 36.7 Å². The van der Waals surface area contributed by atoms with E-state index in [1.165, 1.54) is 5.56 Å². The standard InChI is InChI=1S/C15H22N4O/c1-12-17-18-15(19(12)2)11-16-14(9-6-10-20)13-7-4-3-5-8-13/h3-5,7-8,14,16,20H,6,9-11H2,1-2H3. The lowest BCUT2D eigenvalue weighted by molar-refractivity contribution is 0.274. The van der Waals surface area contributed by atoms with Crippen molar-refractivity contribution in [2.75, 3.05) is 6.61 Å². The monoisotopic (exact) mass is 274 g/mol. The Morgan fingerprint density at radius 3 is 2.60 bits per heavy atom. The van der Waals surface area contributed by atoms with Crippen molar-refractivity contribution in [3.05, 3.63) is 47.5 Å². The molecule has 0 saturated carbocycles. The highest BCUT2D eigenvalue weighted by Gasteiger charge is 2.12. The Kier molecular flexibility index (Phi) is 5.26. The van der Waals surface area contributed by atoms with Crippen molar-refractivity contribution in [2.24, 2.45) is 7.05 Å². The molecular formula is C15H22N4O. The second kappa shape index (κ2) is 7.17. The number of rotatable bonds is 7. The Labute approximate surface area is 119 Å². The van der Waals surface area contributed by atoms with E-state index >= 15 is 0 Å². The topological polar surface area (TPSA) is 63.0 Å². The summed E-state index contributed by atoms with van der Waals surface area (Å²) >= 11 is 0. The maximum absolute atomic E-state index is 9.04. The van der Waals surface area contributed by atoms with Crippen LogP contribution in [0.25, 0.3) is 0 Å². The summed E-state index contributed by atoms with van der Waals surface area (Å²) in [5, 5.41) is 20.8. The summed E-state index contributed by atoms with van der Waals surface area (Å²) in [5.74, 6) is 1.83. The first kappa shape index (κ1) is 14.7. The van der Waals surface area contributed by atoms with Crippen molar-refractivity contribution in [3.63, 3.8) is 0 Å². The third kappa shape index (κ3) is 3.65. The Bertz CT molecular complexity index is 524. The summed E-state index contributed by atoms with van der Waals surface area (Å²) in [6, 6.07) is 10.5. The highest BCUT2D eigenvalue weighted by atomic mass is 16.2. The van der Waals surface area contributed by atoms with Crippen molar-refractivity contribution < 1.29 is 5.11 Å². The van der Waals surface area contributed by atoms with Gasteiger partial charge in [-0.05, 0) is 25.3 Å². The number of nitrogens with zero attached hydrogens (tertiary/aromatic N) is 3. The summed E-state index contributed by atoms with van der Waals surface area (Å²) in [6.07, 6.45) is 1.68. The predicted octanol–water partition coefficient (Wildman–Crippen LogP) is 1.73. The third-order valence-corrected chi connectivity index (χ3v) is 3.54. The molecule has 108 valence electrons. The van der Waals surface area contributed by atoms with E-state index in [-0.39, 0.29) is 12.6 Å². The van der Waals surface area contributed by atoms with Gasteiger partial charge in [0.25, 0.3) is 0 Å². The van der Waals surface area contributed by atoms with Gasteiger partial charge in [-0.3, -0.25) is 0 Å². The first-order chi connectivity index (χ1) is 9.72. The molecule has 0 aliphatic carbocycles. The normalized spacial score (nSPS) is 12.6. The predicted molar refractivity (Wildman–Crippen MR) is 78.1 cm³/mol. The van der Waals surface area contributed by atoms with Crippen molar-refractivity contribution in [1.29, 1.82) is 0 Å². The Morgan fingerprint density at radius 2 is 2.00 bits per heavy atom. The molecule has 0 saturated heterocycles. The number of nitrogens with one attached hydrogen (secondary N) is 1. The fraction of sp³-hybridized carbons (Fsp3) is 0.467. The summed E-state index contributed by atoms with van der Waals surface area (Å²) in [6.45, 7) is 2.83. The molecule has 2 aromatic rings. The zero-order chi connectivity index (χ0) is 14.4. The van der Waals surface area contributed by atoms with E-state index in [2.05, 4.69) is 27.6 Å². The molecule has 5 nitrogen and oxygen atoms in total. The molecule has 2 rings (SSSR count). The largest absolute Gasteiger partial charge is 0.396 e. The smallest absolute Gasteiger partial charge is 0.146 e. The lowest BCUT2D eigenvalue weighted by Crippen LogP contribution is -2.23. The minimum absolute atomic E-state index is 0.216. The third-order valence-electron chi connectivity index (χ3n) is 3.54. The molecule has 5 heteroatoms. The summed E-state index contributed by atoms with van der Waals surface area (Å²) in [7, 11) is 1.97. The second-order valence-electron chi connectivity index (χ2n) is 4.93. The molecule has 0 bridgehead atoms. The summed E-state index contributed by atoms with van der Waals surface area (Å²) in [4.78, 5) is 0. The van der Waals surface area contributed by atoms with Gasteiger partial charge in [0.2, 0.25) is 0 Å². The SMILES string of the molecule is Cc1nnc(CNC(CCCO)c2ccccc2)n1C. The average molecular weight is 274 g/mol. The highest BCUT2D eigenvalue weighted by molar-refractivity contribution is 5.18. The molecule has 0 aliphatic rings. The van der Waals surface area contributed by atoms with Gasteiger partial charge in [-0.25, -0.2) is 0 Å². The van der Waals surface area contributed by atoms with Gasteiger partial charge < -0.3 is 15.0 Å². The van der Waals surface area contributed by atoms with Crippen LogP contribution in [-0.4, -0.2) is 26.5 Å². The molecule has 1 heterocycles. The first-order valence-electron chi connectivity index (χ1n) is 6.96. The van der Waals surface area contributed by atoms with E-state index in [9.17, 15) is 0 Å². The van der Waals surface area contributed by atoms with Gasteiger partial charge in [0, 0.05) is 19.7 Å². The molecule has 2 N–H and O–H groups in total. The van der Waals surface area contributed by atoms with E-state index in [0.717, 1.165) is 24.5 Å². The van der Waals surface area contributed by atoms with Gasteiger partial charge in [0.05, 0.1) is 6.54 Å². The van der Waals surface area contributed by atoms with Crippen LogP contribution in [0.15, 0.2) is 30.3 Å². The van der Waals surface area contributed by atoms with Gasteiger partial charge in [-0.2, -0.15) is 0 Å². The molecule has 1 atom stereocenters. The zero-order valence-electron chi connectivity index (χ0n) is 12.1. The molecule has 0 amide bonds. The number of aromatic nitrogens is 3. The molecule has 1 aromatic heterocycles. The van der Waals surface area contributed by atoms with E-state index in [1.54, 1.807) is 0 Å². The Balaban J connectivity index is 2.03.